The average molecular weight is 421 g/mol. The number of hydrogen-bond donors (Lipinski definition) is 2. The molecule has 7 nitrogen and oxygen atoms in total. The van der Waals surface area contributed by atoms with Crippen LogP contribution in [-0.4, -0.2) is 28.0 Å². The average Bonchev–Trinajstić information content (AvgIpc) is 2.68. The summed E-state index contributed by atoms with van der Waals surface area (Å²) in [6.45, 7) is 8.46. The van der Waals surface area contributed by atoms with Gasteiger partial charge in [-0.15, -0.1) is 4.83 Å². The summed E-state index contributed by atoms with van der Waals surface area (Å²) >= 11 is 0. The first-order valence-electron chi connectivity index (χ1n) is 9.34. The maximum absolute atomic E-state index is 12.4. The lowest BCUT2D eigenvalue weighted by molar-refractivity contribution is 0.0944. The van der Waals surface area contributed by atoms with Crippen molar-refractivity contribution >= 4 is 15.9 Å². The van der Waals surface area contributed by atoms with E-state index in [1.54, 1.807) is 24.3 Å². The van der Waals surface area contributed by atoms with E-state index in [1.165, 1.54) is 19.2 Å². The molecule has 2 aromatic rings. The molecule has 0 bridgehead atoms. The van der Waals surface area contributed by atoms with Crippen molar-refractivity contribution in [2.75, 3.05) is 13.7 Å². The van der Waals surface area contributed by atoms with E-state index >= 15 is 0 Å². The number of amides is 1. The third kappa shape index (κ3) is 6.20. The van der Waals surface area contributed by atoms with Gasteiger partial charge in [-0.05, 0) is 67.6 Å². The molecule has 0 aliphatic rings. The molecule has 2 N–H and O–H groups in total. The van der Waals surface area contributed by atoms with Crippen molar-refractivity contribution in [2.45, 2.75) is 39.0 Å². The van der Waals surface area contributed by atoms with Crippen LogP contribution in [-0.2, 0) is 10.0 Å². The minimum absolute atomic E-state index is 0.0763. The van der Waals surface area contributed by atoms with Crippen molar-refractivity contribution < 1.29 is 22.7 Å². The van der Waals surface area contributed by atoms with Gasteiger partial charge in [0, 0.05) is 5.56 Å². The Kier molecular flexibility index (Phi) is 7.64. The zero-order valence-corrected chi connectivity index (χ0v) is 18.2. The number of nitrogens with one attached hydrogen (secondary N) is 2. The summed E-state index contributed by atoms with van der Waals surface area (Å²) < 4.78 is 35.8. The second kappa shape index (κ2) is 9.76. The first-order valence-corrected chi connectivity index (χ1v) is 10.8. The number of rotatable bonds is 9. The van der Waals surface area contributed by atoms with Gasteiger partial charge in [-0.25, -0.2) is 8.42 Å². The number of benzene rings is 2. The Morgan fingerprint density at radius 3 is 2.38 bits per heavy atom. The third-order valence-electron chi connectivity index (χ3n) is 4.47. The van der Waals surface area contributed by atoms with Crippen LogP contribution in [0.25, 0.3) is 0 Å². The Bertz CT molecular complexity index is 971. The summed E-state index contributed by atoms with van der Waals surface area (Å²) in [5.41, 5.74) is 4.29. The highest BCUT2D eigenvalue weighted by molar-refractivity contribution is 7.89. The van der Waals surface area contributed by atoms with Crippen LogP contribution < -0.4 is 19.7 Å². The van der Waals surface area contributed by atoms with E-state index in [1.807, 2.05) is 13.8 Å². The molecular formula is C21H28N2O5S. The van der Waals surface area contributed by atoms with Crippen molar-refractivity contribution in [2.24, 2.45) is 5.92 Å². The fourth-order valence-corrected chi connectivity index (χ4v) is 3.38. The van der Waals surface area contributed by atoms with Crippen LogP contribution in [0.4, 0.5) is 0 Å². The number of hydrazine groups is 1. The number of aryl methyl sites for hydroxylation is 2. The van der Waals surface area contributed by atoms with Crippen molar-refractivity contribution in [1.29, 1.82) is 0 Å². The van der Waals surface area contributed by atoms with Crippen LogP contribution in [0.2, 0.25) is 0 Å². The Morgan fingerprint density at radius 1 is 1.03 bits per heavy atom. The van der Waals surface area contributed by atoms with Crippen molar-refractivity contribution in [1.82, 2.24) is 10.3 Å². The van der Waals surface area contributed by atoms with Gasteiger partial charge in [0.2, 0.25) is 0 Å². The van der Waals surface area contributed by atoms with Crippen LogP contribution in [0.3, 0.4) is 0 Å². The third-order valence-corrected chi connectivity index (χ3v) is 5.71. The molecular weight excluding hydrogens is 392 g/mol. The van der Waals surface area contributed by atoms with Gasteiger partial charge < -0.3 is 9.47 Å². The molecule has 0 aliphatic carbocycles. The monoisotopic (exact) mass is 420 g/mol. The maximum Gasteiger partial charge on any atom is 0.266 e. The minimum atomic E-state index is -3.88. The first-order chi connectivity index (χ1) is 13.6. The fourth-order valence-electron chi connectivity index (χ4n) is 2.46. The second-order valence-corrected chi connectivity index (χ2v) is 8.88. The van der Waals surface area contributed by atoms with Gasteiger partial charge in [0.15, 0.2) is 11.5 Å². The van der Waals surface area contributed by atoms with E-state index in [0.717, 1.165) is 17.5 Å². The number of carbonyl (C=O) groups excluding carboxylic acids is 1. The Morgan fingerprint density at radius 2 is 1.76 bits per heavy atom. The lowest BCUT2D eigenvalue weighted by atomic mass is 10.1. The molecule has 0 radical (unpaired) electrons. The molecule has 0 unspecified atom stereocenters. The molecule has 1 amide bonds. The van der Waals surface area contributed by atoms with Crippen molar-refractivity contribution in [3.63, 3.8) is 0 Å². The zero-order chi connectivity index (χ0) is 21.6. The normalized spacial score (nSPS) is 11.4. The van der Waals surface area contributed by atoms with E-state index in [2.05, 4.69) is 24.1 Å². The van der Waals surface area contributed by atoms with E-state index < -0.39 is 15.9 Å². The van der Waals surface area contributed by atoms with Gasteiger partial charge in [0.1, 0.15) is 0 Å². The SMILES string of the molecule is COc1cc(C(=O)NNS(=O)(=O)c2ccc(C)c(C)c2)ccc1OCCC(C)C. The van der Waals surface area contributed by atoms with Gasteiger partial charge in [-0.2, -0.15) is 0 Å². The summed E-state index contributed by atoms with van der Waals surface area (Å²) in [5.74, 6) is 0.833. The summed E-state index contributed by atoms with van der Waals surface area (Å²) in [5, 5.41) is 0. The minimum Gasteiger partial charge on any atom is -0.493 e. The molecule has 0 spiro atoms. The number of carbonyl (C=O) groups is 1. The van der Waals surface area contributed by atoms with Crippen LogP contribution in [0.15, 0.2) is 41.3 Å². The summed E-state index contributed by atoms with van der Waals surface area (Å²) in [7, 11) is -2.40. The molecule has 0 aromatic heterocycles. The molecule has 2 aromatic carbocycles. The topological polar surface area (TPSA) is 93.7 Å². The summed E-state index contributed by atoms with van der Waals surface area (Å²) in [4.78, 5) is 14.6. The highest BCUT2D eigenvalue weighted by atomic mass is 32.2. The molecule has 0 saturated heterocycles. The predicted octanol–water partition coefficient (Wildman–Crippen LogP) is 3.36. The van der Waals surface area contributed by atoms with Crippen LogP contribution >= 0.6 is 0 Å². The molecule has 0 saturated carbocycles. The standard InChI is InChI=1S/C21H28N2O5S/c1-14(2)10-11-28-19-9-7-17(13-20(19)27-5)21(24)22-23-29(25,26)18-8-6-15(3)16(4)12-18/h6-9,12-14,23H,10-11H2,1-5H3,(H,22,24). The Labute approximate surface area is 172 Å². The highest BCUT2D eigenvalue weighted by Gasteiger charge is 2.17. The van der Waals surface area contributed by atoms with E-state index in [4.69, 9.17) is 9.47 Å². The number of hydrogen-bond acceptors (Lipinski definition) is 5. The van der Waals surface area contributed by atoms with Gasteiger partial charge in [0.25, 0.3) is 15.9 Å². The summed E-state index contributed by atoms with van der Waals surface area (Å²) in [6.07, 6.45) is 0.895. The van der Waals surface area contributed by atoms with E-state index in [9.17, 15) is 13.2 Å². The number of ether oxygens (including phenoxy) is 2. The highest BCUT2D eigenvalue weighted by Crippen LogP contribution is 2.28. The Hall–Kier alpha value is -2.58. The quantitative estimate of drug-likeness (QED) is 0.607. The van der Waals surface area contributed by atoms with Crippen LogP contribution in [0.1, 0.15) is 41.8 Å². The van der Waals surface area contributed by atoms with Crippen LogP contribution in [0, 0.1) is 19.8 Å². The predicted molar refractivity (Wildman–Crippen MR) is 112 cm³/mol. The van der Waals surface area contributed by atoms with Gasteiger partial charge in [0.05, 0.1) is 18.6 Å². The molecule has 0 atom stereocenters. The van der Waals surface area contributed by atoms with E-state index in [-0.39, 0.29) is 10.5 Å². The Balaban J connectivity index is 2.07. The van der Waals surface area contributed by atoms with Gasteiger partial charge in [-0.1, -0.05) is 19.9 Å². The molecule has 158 valence electrons. The molecule has 0 aliphatic heterocycles. The second-order valence-electron chi connectivity index (χ2n) is 7.20. The number of methoxy groups -OCH3 is 1. The number of sulfonamides is 1. The summed E-state index contributed by atoms with van der Waals surface area (Å²) in [6, 6.07) is 9.44. The first kappa shape index (κ1) is 22.7. The van der Waals surface area contributed by atoms with Gasteiger partial charge in [-0.3, -0.25) is 10.2 Å². The van der Waals surface area contributed by atoms with Crippen LogP contribution in [0.5, 0.6) is 11.5 Å². The molecule has 2 rings (SSSR count). The molecule has 0 fully saturated rings. The lowest BCUT2D eigenvalue weighted by Gasteiger charge is -2.13. The molecule has 29 heavy (non-hydrogen) atoms. The lowest BCUT2D eigenvalue weighted by Crippen LogP contribution is -2.41. The van der Waals surface area contributed by atoms with Gasteiger partial charge >= 0.3 is 0 Å². The van der Waals surface area contributed by atoms with Crippen molar-refractivity contribution in [3.05, 3.63) is 53.1 Å². The maximum atomic E-state index is 12.4. The zero-order valence-electron chi connectivity index (χ0n) is 17.4. The largest absolute Gasteiger partial charge is 0.493 e. The fraction of sp³-hybridized carbons (Fsp3) is 0.381. The van der Waals surface area contributed by atoms with Crippen molar-refractivity contribution in [3.8, 4) is 11.5 Å². The molecule has 0 heterocycles. The smallest absolute Gasteiger partial charge is 0.266 e. The molecule has 8 heteroatoms. The van der Waals surface area contributed by atoms with E-state index in [0.29, 0.717) is 24.0 Å².